The van der Waals surface area contributed by atoms with E-state index in [1.807, 2.05) is 0 Å². The Hall–Kier alpha value is -8.98. The van der Waals surface area contributed by atoms with Crippen LogP contribution in [0.25, 0.3) is 83.1 Å². The second kappa shape index (κ2) is 15.6. The number of para-hydroxylation sites is 4. The molecule has 0 amide bonds. The summed E-state index contributed by atoms with van der Waals surface area (Å²) in [6.45, 7) is 0. The number of anilines is 3. The Balaban J connectivity index is 0.934. The molecule has 2 nitrogen and oxygen atoms in total. The van der Waals surface area contributed by atoms with Crippen LogP contribution in [0.4, 0.5) is 17.1 Å². The highest BCUT2D eigenvalue weighted by Crippen LogP contribution is 2.61. The number of fused-ring (bicyclic) bond motifs is 12. The van der Waals surface area contributed by atoms with Crippen molar-refractivity contribution in [2.45, 2.75) is 5.41 Å². The first-order valence-electron chi connectivity index (χ1n) is 23.9. The summed E-state index contributed by atoms with van der Waals surface area (Å²) >= 11 is 0. The second-order valence-electron chi connectivity index (χ2n) is 18.4. The van der Waals surface area contributed by atoms with E-state index in [0.29, 0.717) is 0 Å². The van der Waals surface area contributed by atoms with Crippen molar-refractivity contribution in [2.24, 2.45) is 0 Å². The molecule has 69 heavy (non-hydrogen) atoms. The van der Waals surface area contributed by atoms with Crippen molar-refractivity contribution in [3.8, 4) is 61.3 Å². The van der Waals surface area contributed by atoms with Crippen LogP contribution in [0, 0.1) is 0 Å². The zero-order chi connectivity index (χ0) is 45.5. The van der Waals surface area contributed by atoms with Crippen molar-refractivity contribution in [2.75, 3.05) is 4.90 Å². The zero-order valence-corrected chi connectivity index (χ0v) is 37.8. The summed E-state index contributed by atoms with van der Waals surface area (Å²) in [6, 6.07) is 98.5. The molecule has 11 aromatic carbocycles. The van der Waals surface area contributed by atoms with Gasteiger partial charge in [-0.05, 0) is 121 Å². The first-order chi connectivity index (χ1) is 34.3. The molecular weight excluding hydrogens is 833 g/mol. The predicted molar refractivity (Wildman–Crippen MR) is 288 cm³/mol. The molecule has 1 aromatic heterocycles. The lowest BCUT2D eigenvalue weighted by Gasteiger charge is -2.39. The van der Waals surface area contributed by atoms with Gasteiger partial charge in [0.25, 0.3) is 0 Å². The average Bonchev–Trinajstić information content (AvgIpc) is 3.92. The van der Waals surface area contributed by atoms with Crippen LogP contribution in [0.5, 0.6) is 0 Å². The molecular formula is C67H44N2. The average molecular weight is 877 g/mol. The van der Waals surface area contributed by atoms with Gasteiger partial charge >= 0.3 is 0 Å². The monoisotopic (exact) mass is 876 g/mol. The maximum absolute atomic E-state index is 2.52. The Morgan fingerprint density at radius 1 is 0.290 bits per heavy atom. The Labute approximate surface area is 402 Å². The van der Waals surface area contributed by atoms with Crippen molar-refractivity contribution >= 4 is 38.9 Å². The molecule has 1 aliphatic carbocycles. The number of hydrogen-bond acceptors (Lipinski definition) is 1. The molecule has 1 spiro atoms. The van der Waals surface area contributed by atoms with Crippen LogP contribution < -0.4 is 4.90 Å². The maximum atomic E-state index is 2.52. The number of benzene rings is 11. The van der Waals surface area contributed by atoms with Crippen LogP contribution in [0.3, 0.4) is 0 Å². The van der Waals surface area contributed by atoms with Gasteiger partial charge in [-0.3, -0.25) is 0 Å². The van der Waals surface area contributed by atoms with Gasteiger partial charge in [-0.15, -0.1) is 0 Å². The summed E-state index contributed by atoms with van der Waals surface area (Å²) in [7, 11) is 0. The number of hydrogen-bond donors (Lipinski definition) is 0. The standard InChI is InChI=1S/C67H44N2/c1-3-18-45(19-4-1)46-34-39-50(40-35-46)68(63-31-14-10-25-56(63)53-23-8-7-22-52(53)48-20-5-2-6-21-48)51-41-36-47(37-42-51)49-38-43-55-54-24-9-12-28-59(54)67(62(55)44-49)60-29-13-16-33-65(60)69-64-32-15-11-26-57(64)58-27-17-30-61(67)66(58)69/h1-44H. The van der Waals surface area contributed by atoms with E-state index < -0.39 is 5.41 Å². The molecule has 1 aliphatic heterocycles. The molecule has 0 saturated heterocycles. The summed E-state index contributed by atoms with van der Waals surface area (Å²) < 4.78 is 2.52. The van der Waals surface area contributed by atoms with Crippen molar-refractivity contribution in [3.05, 3.63) is 289 Å². The number of aromatic nitrogens is 1. The minimum atomic E-state index is -0.509. The van der Waals surface area contributed by atoms with Gasteiger partial charge in [-0.2, -0.15) is 0 Å². The fraction of sp³-hybridized carbons (Fsp3) is 0.0149. The third kappa shape index (κ3) is 5.86. The molecule has 0 radical (unpaired) electrons. The molecule has 2 heterocycles. The minimum absolute atomic E-state index is 0.509. The molecule has 2 aliphatic rings. The summed E-state index contributed by atoms with van der Waals surface area (Å²) in [4.78, 5) is 2.42. The van der Waals surface area contributed by atoms with E-state index in [0.717, 1.165) is 17.1 Å². The highest BCUT2D eigenvalue weighted by molar-refractivity contribution is 6.13. The van der Waals surface area contributed by atoms with E-state index >= 15 is 0 Å². The van der Waals surface area contributed by atoms with Gasteiger partial charge in [-0.25, -0.2) is 0 Å². The van der Waals surface area contributed by atoms with E-state index in [-0.39, 0.29) is 0 Å². The van der Waals surface area contributed by atoms with Gasteiger partial charge in [0.15, 0.2) is 0 Å². The minimum Gasteiger partial charge on any atom is -0.310 e. The molecule has 322 valence electrons. The third-order valence-corrected chi connectivity index (χ3v) is 14.8. The van der Waals surface area contributed by atoms with E-state index in [2.05, 4.69) is 276 Å². The van der Waals surface area contributed by atoms with Crippen LogP contribution >= 0.6 is 0 Å². The van der Waals surface area contributed by atoms with Crippen molar-refractivity contribution in [3.63, 3.8) is 0 Å². The van der Waals surface area contributed by atoms with Crippen LogP contribution in [-0.4, -0.2) is 4.57 Å². The van der Waals surface area contributed by atoms with Gasteiger partial charge in [0, 0.05) is 27.7 Å². The molecule has 14 rings (SSSR count). The first-order valence-corrected chi connectivity index (χ1v) is 23.9. The second-order valence-corrected chi connectivity index (χ2v) is 18.4. The molecule has 0 N–H and O–H groups in total. The fourth-order valence-electron chi connectivity index (χ4n) is 11.9. The van der Waals surface area contributed by atoms with Crippen LogP contribution in [0.1, 0.15) is 22.3 Å². The normalized spacial score (nSPS) is 14.1. The maximum Gasteiger partial charge on any atom is 0.0754 e. The summed E-state index contributed by atoms with van der Waals surface area (Å²) in [5.41, 5.74) is 24.0. The Morgan fingerprint density at radius 2 is 0.797 bits per heavy atom. The molecule has 0 saturated carbocycles. The third-order valence-electron chi connectivity index (χ3n) is 14.8. The summed E-state index contributed by atoms with van der Waals surface area (Å²) in [5.74, 6) is 0. The van der Waals surface area contributed by atoms with Crippen LogP contribution in [0.2, 0.25) is 0 Å². The van der Waals surface area contributed by atoms with Gasteiger partial charge < -0.3 is 9.47 Å². The molecule has 1 atom stereocenters. The van der Waals surface area contributed by atoms with Gasteiger partial charge in [0.05, 0.1) is 27.8 Å². The largest absolute Gasteiger partial charge is 0.310 e. The van der Waals surface area contributed by atoms with E-state index in [4.69, 9.17) is 0 Å². The Kier molecular flexibility index (Phi) is 8.84. The highest BCUT2D eigenvalue weighted by atomic mass is 15.1. The highest BCUT2D eigenvalue weighted by Gasteiger charge is 2.50. The molecule has 12 aromatic rings. The number of nitrogens with zero attached hydrogens (tertiary/aromatic N) is 2. The fourth-order valence-corrected chi connectivity index (χ4v) is 11.9. The van der Waals surface area contributed by atoms with Gasteiger partial charge in [-0.1, -0.05) is 218 Å². The molecule has 1 unspecified atom stereocenters. The lowest BCUT2D eigenvalue weighted by molar-refractivity contribution is 0.749. The lowest BCUT2D eigenvalue weighted by Crippen LogP contribution is -2.33. The van der Waals surface area contributed by atoms with E-state index in [1.165, 1.54) is 105 Å². The quantitative estimate of drug-likeness (QED) is 0.155. The predicted octanol–water partition coefficient (Wildman–Crippen LogP) is 17.6. The topological polar surface area (TPSA) is 8.17 Å². The van der Waals surface area contributed by atoms with Crippen molar-refractivity contribution < 1.29 is 0 Å². The van der Waals surface area contributed by atoms with Gasteiger partial charge in [0.2, 0.25) is 0 Å². The van der Waals surface area contributed by atoms with E-state index in [1.54, 1.807) is 0 Å². The van der Waals surface area contributed by atoms with E-state index in [9.17, 15) is 0 Å². The number of rotatable bonds is 7. The first kappa shape index (κ1) is 39.2. The van der Waals surface area contributed by atoms with Gasteiger partial charge in [0.1, 0.15) is 0 Å². The summed E-state index contributed by atoms with van der Waals surface area (Å²) in [5, 5.41) is 2.57. The molecule has 0 fully saturated rings. The van der Waals surface area contributed by atoms with Crippen molar-refractivity contribution in [1.29, 1.82) is 0 Å². The Morgan fingerprint density at radius 3 is 1.55 bits per heavy atom. The zero-order valence-electron chi connectivity index (χ0n) is 37.8. The molecule has 2 heteroatoms. The van der Waals surface area contributed by atoms with Crippen molar-refractivity contribution in [1.82, 2.24) is 4.57 Å². The lowest BCUT2D eigenvalue weighted by atomic mass is 9.65. The molecule has 0 bridgehead atoms. The van der Waals surface area contributed by atoms with Crippen LogP contribution in [0.15, 0.2) is 267 Å². The SMILES string of the molecule is c1ccc(-c2ccc(N(c3ccc(-c4ccc5c(c4)C4(c6ccccc6-5)c5ccccc5-n5c6ccccc6c6cccc4c65)cc3)c3ccccc3-c3ccccc3-c3ccccc3)cc2)cc1. The Bertz CT molecular complexity index is 3940. The smallest absolute Gasteiger partial charge is 0.0754 e. The summed E-state index contributed by atoms with van der Waals surface area (Å²) in [6.07, 6.45) is 0. The van der Waals surface area contributed by atoms with Crippen LogP contribution in [-0.2, 0) is 5.41 Å².